The molecule has 2 rings (SSSR count). The quantitative estimate of drug-likeness (QED) is 0.913. The number of rotatable bonds is 4. The molecule has 104 valence electrons. The van der Waals surface area contributed by atoms with Gasteiger partial charge < -0.3 is 5.11 Å². The minimum Gasteiger partial charge on any atom is -0.480 e. The molecule has 1 saturated heterocycles. The molecule has 1 unspecified atom stereocenters. The molecule has 0 spiro atoms. The van der Waals surface area contributed by atoms with E-state index >= 15 is 0 Å². The first-order chi connectivity index (χ1) is 9.08. The zero-order valence-corrected chi connectivity index (χ0v) is 10.6. The van der Waals surface area contributed by atoms with E-state index in [1.165, 1.54) is 12.1 Å². The Morgan fingerprint density at radius 3 is 2.58 bits per heavy atom. The van der Waals surface area contributed by atoms with Gasteiger partial charge in [0.2, 0.25) is 0 Å². The van der Waals surface area contributed by atoms with Gasteiger partial charge in [-0.05, 0) is 24.9 Å². The first-order valence-corrected chi connectivity index (χ1v) is 6.42. The van der Waals surface area contributed by atoms with Crippen LogP contribution < -0.4 is 0 Å². The number of carboxylic acids is 1. The largest absolute Gasteiger partial charge is 0.480 e. The number of aliphatic carboxylic acids is 1. The third-order valence-electron chi connectivity index (χ3n) is 3.52. The van der Waals surface area contributed by atoms with E-state index < -0.39 is 18.4 Å². The van der Waals surface area contributed by atoms with Crippen molar-refractivity contribution in [1.29, 1.82) is 0 Å². The lowest BCUT2D eigenvalue weighted by Gasteiger charge is -2.32. The summed E-state index contributed by atoms with van der Waals surface area (Å²) >= 11 is 0. The molecule has 3 nitrogen and oxygen atoms in total. The Bertz CT molecular complexity index is 434. The lowest BCUT2D eigenvalue weighted by Crippen LogP contribution is -2.43. The van der Waals surface area contributed by atoms with Crippen molar-refractivity contribution in [2.24, 2.45) is 0 Å². The summed E-state index contributed by atoms with van der Waals surface area (Å²) in [6.45, 7) is 1.24. The maximum absolute atomic E-state index is 12.4. The fraction of sp³-hybridized carbons (Fsp3) is 0.500. The second-order valence-electron chi connectivity index (χ2n) is 4.86. The maximum Gasteiger partial charge on any atom is 0.320 e. The summed E-state index contributed by atoms with van der Waals surface area (Å²) < 4.78 is 24.9. The number of alkyl halides is 2. The van der Waals surface area contributed by atoms with Gasteiger partial charge in [-0.25, -0.2) is 8.78 Å². The topological polar surface area (TPSA) is 40.5 Å². The van der Waals surface area contributed by atoms with E-state index in [1.807, 2.05) is 4.90 Å². The molecule has 1 atom stereocenters. The summed E-state index contributed by atoms with van der Waals surface area (Å²) in [7, 11) is 0. The van der Waals surface area contributed by atoms with E-state index in [0.29, 0.717) is 13.0 Å². The molecular formula is C14H17F2NO2. The molecule has 0 radical (unpaired) electrons. The fourth-order valence-corrected chi connectivity index (χ4v) is 2.46. The Morgan fingerprint density at radius 1 is 1.32 bits per heavy atom. The maximum atomic E-state index is 12.4. The third-order valence-corrected chi connectivity index (χ3v) is 3.52. The average molecular weight is 269 g/mol. The normalized spacial score (nSPS) is 20.7. The molecular weight excluding hydrogens is 252 g/mol. The summed E-state index contributed by atoms with van der Waals surface area (Å²) in [4.78, 5) is 13.1. The summed E-state index contributed by atoms with van der Waals surface area (Å²) in [5, 5.41) is 9.16. The van der Waals surface area contributed by atoms with Crippen molar-refractivity contribution >= 4 is 5.97 Å². The van der Waals surface area contributed by atoms with E-state index in [-0.39, 0.29) is 5.56 Å². The van der Waals surface area contributed by atoms with Crippen LogP contribution in [0.2, 0.25) is 0 Å². The van der Waals surface area contributed by atoms with E-state index in [4.69, 9.17) is 5.11 Å². The lowest BCUT2D eigenvalue weighted by atomic mass is 10.0. The number of halogens is 2. The summed E-state index contributed by atoms with van der Waals surface area (Å²) in [5.41, 5.74) is 0.870. The van der Waals surface area contributed by atoms with Crippen LogP contribution in [0.4, 0.5) is 8.78 Å². The van der Waals surface area contributed by atoms with Crippen LogP contribution >= 0.6 is 0 Å². The standard InChI is InChI=1S/C14H17F2NO2/c15-13(16)11-6-4-10(5-7-11)9-17-8-2-1-3-12(17)14(18)19/h4-7,12-13H,1-3,8-9H2,(H,18,19). The number of benzene rings is 1. The zero-order valence-electron chi connectivity index (χ0n) is 10.6. The minimum absolute atomic E-state index is 0.00261. The molecule has 1 aliphatic rings. The van der Waals surface area contributed by atoms with Crippen molar-refractivity contribution in [1.82, 2.24) is 4.90 Å². The average Bonchev–Trinajstić information content (AvgIpc) is 2.39. The second-order valence-corrected chi connectivity index (χ2v) is 4.86. The molecule has 1 aromatic carbocycles. The highest BCUT2D eigenvalue weighted by molar-refractivity contribution is 5.73. The van der Waals surface area contributed by atoms with Gasteiger partial charge in [-0.15, -0.1) is 0 Å². The molecule has 1 aliphatic heterocycles. The van der Waals surface area contributed by atoms with Crippen molar-refractivity contribution in [3.05, 3.63) is 35.4 Å². The molecule has 0 aromatic heterocycles. The Labute approximate surface area is 110 Å². The highest BCUT2D eigenvalue weighted by Crippen LogP contribution is 2.22. The van der Waals surface area contributed by atoms with Gasteiger partial charge in [0, 0.05) is 12.1 Å². The zero-order chi connectivity index (χ0) is 13.8. The van der Waals surface area contributed by atoms with E-state index in [9.17, 15) is 13.6 Å². The molecule has 1 fully saturated rings. The monoisotopic (exact) mass is 269 g/mol. The summed E-state index contributed by atoms with van der Waals surface area (Å²) in [6.07, 6.45) is 0.108. The Hall–Kier alpha value is -1.49. The van der Waals surface area contributed by atoms with Crippen LogP contribution in [-0.2, 0) is 11.3 Å². The van der Waals surface area contributed by atoms with Gasteiger partial charge in [-0.3, -0.25) is 9.69 Å². The van der Waals surface area contributed by atoms with Crippen LogP contribution in [0.5, 0.6) is 0 Å². The van der Waals surface area contributed by atoms with Gasteiger partial charge in [0.05, 0.1) is 0 Å². The highest BCUT2D eigenvalue weighted by atomic mass is 19.3. The van der Waals surface area contributed by atoms with Crippen molar-refractivity contribution in [3.63, 3.8) is 0 Å². The number of carbonyl (C=O) groups is 1. The molecule has 19 heavy (non-hydrogen) atoms. The lowest BCUT2D eigenvalue weighted by molar-refractivity contribution is -0.144. The Morgan fingerprint density at radius 2 is 2.00 bits per heavy atom. The third kappa shape index (κ3) is 3.50. The number of hydrogen-bond acceptors (Lipinski definition) is 2. The smallest absolute Gasteiger partial charge is 0.320 e. The second kappa shape index (κ2) is 6.10. The van der Waals surface area contributed by atoms with Crippen molar-refractivity contribution < 1.29 is 18.7 Å². The minimum atomic E-state index is -2.46. The predicted octanol–water partition coefficient (Wildman–Crippen LogP) is 3.06. The van der Waals surface area contributed by atoms with E-state index in [0.717, 1.165) is 24.9 Å². The summed E-state index contributed by atoms with van der Waals surface area (Å²) in [6, 6.07) is 5.65. The molecule has 0 aliphatic carbocycles. The Kier molecular flexibility index (Phi) is 4.47. The number of carboxylic acid groups (broad SMARTS) is 1. The SMILES string of the molecule is O=C(O)C1CCCCN1Cc1ccc(C(F)F)cc1. The van der Waals surface area contributed by atoms with Crippen LogP contribution in [0.3, 0.4) is 0 Å². The van der Waals surface area contributed by atoms with E-state index in [1.54, 1.807) is 12.1 Å². The molecule has 0 saturated carbocycles. The first-order valence-electron chi connectivity index (χ1n) is 6.42. The number of likely N-dealkylation sites (tertiary alicyclic amines) is 1. The van der Waals surface area contributed by atoms with Crippen LogP contribution in [0.1, 0.15) is 36.8 Å². The van der Waals surface area contributed by atoms with Gasteiger partial charge in [0.1, 0.15) is 6.04 Å². The molecule has 1 N–H and O–H groups in total. The molecule has 1 heterocycles. The van der Waals surface area contributed by atoms with Crippen LogP contribution in [0.15, 0.2) is 24.3 Å². The predicted molar refractivity (Wildman–Crippen MR) is 67.1 cm³/mol. The van der Waals surface area contributed by atoms with Crippen LogP contribution in [-0.4, -0.2) is 28.6 Å². The Balaban J connectivity index is 2.04. The fourth-order valence-electron chi connectivity index (χ4n) is 2.46. The molecule has 0 bridgehead atoms. The number of hydrogen-bond donors (Lipinski definition) is 1. The number of piperidine rings is 1. The summed E-state index contributed by atoms with van der Waals surface area (Å²) in [5.74, 6) is -0.802. The van der Waals surface area contributed by atoms with Gasteiger partial charge in [-0.2, -0.15) is 0 Å². The molecule has 1 aromatic rings. The van der Waals surface area contributed by atoms with Crippen molar-refractivity contribution in [2.75, 3.05) is 6.54 Å². The van der Waals surface area contributed by atoms with E-state index in [2.05, 4.69) is 0 Å². The number of nitrogens with zero attached hydrogens (tertiary/aromatic N) is 1. The van der Waals surface area contributed by atoms with Crippen LogP contribution in [0, 0.1) is 0 Å². The first kappa shape index (κ1) is 13.9. The highest BCUT2D eigenvalue weighted by Gasteiger charge is 2.28. The van der Waals surface area contributed by atoms with Gasteiger partial charge >= 0.3 is 5.97 Å². The van der Waals surface area contributed by atoms with Crippen molar-refractivity contribution in [3.8, 4) is 0 Å². The molecule has 5 heteroatoms. The van der Waals surface area contributed by atoms with Crippen LogP contribution in [0.25, 0.3) is 0 Å². The van der Waals surface area contributed by atoms with Gasteiger partial charge in [-0.1, -0.05) is 30.7 Å². The van der Waals surface area contributed by atoms with Crippen molar-refractivity contribution in [2.45, 2.75) is 38.3 Å². The molecule has 0 amide bonds. The van der Waals surface area contributed by atoms with Gasteiger partial charge in [0.15, 0.2) is 0 Å². The van der Waals surface area contributed by atoms with Gasteiger partial charge in [0.25, 0.3) is 6.43 Å².